The van der Waals surface area contributed by atoms with Crippen molar-refractivity contribution in [2.75, 3.05) is 25.0 Å². The SMILES string of the molecule is NC(=O)C1CCCN(Cc2ccc(NC(=O)CN3C(=O)NC4(CCCC4)C3=O)cc2)C1. The molecule has 2 saturated heterocycles. The van der Waals surface area contributed by atoms with Gasteiger partial charge in [-0.3, -0.25) is 24.2 Å². The molecule has 1 aromatic rings. The van der Waals surface area contributed by atoms with Crippen LogP contribution >= 0.6 is 0 Å². The van der Waals surface area contributed by atoms with Crippen molar-refractivity contribution in [3.8, 4) is 0 Å². The van der Waals surface area contributed by atoms with E-state index in [-0.39, 0.29) is 24.3 Å². The quantitative estimate of drug-likeness (QED) is 0.588. The number of likely N-dealkylation sites (tertiary alicyclic amines) is 1. The summed E-state index contributed by atoms with van der Waals surface area (Å²) in [6.45, 7) is 2.01. The van der Waals surface area contributed by atoms with Gasteiger partial charge in [-0.05, 0) is 49.9 Å². The lowest BCUT2D eigenvalue weighted by Crippen LogP contribution is -2.44. The summed E-state index contributed by atoms with van der Waals surface area (Å²) in [5.74, 6) is -1.05. The Morgan fingerprint density at radius 1 is 1.13 bits per heavy atom. The topological polar surface area (TPSA) is 125 Å². The van der Waals surface area contributed by atoms with E-state index in [2.05, 4.69) is 15.5 Å². The summed E-state index contributed by atoms with van der Waals surface area (Å²) in [7, 11) is 0. The Hall–Kier alpha value is -2.94. The van der Waals surface area contributed by atoms with E-state index in [1.54, 1.807) is 12.1 Å². The van der Waals surface area contributed by atoms with Crippen molar-refractivity contribution in [1.29, 1.82) is 0 Å². The van der Waals surface area contributed by atoms with Crippen molar-refractivity contribution in [2.45, 2.75) is 50.6 Å². The van der Waals surface area contributed by atoms with Crippen molar-refractivity contribution in [1.82, 2.24) is 15.1 Å². The zero-order valence-corrected chi connectivity index (χ0v) is 17.6. The molecule has 3 aliphatic rings. The lowest BCUT2D eigenvalue weighted by Gasteiger charge is -2.31. The van der Waals surface area contributed by atoms with Crippen molar-refractivity contribution >= 4 is 29.4 Å². The third-order valence-corrected chi connectivity index (χ3v) is 6.56. The molecule has 1 aliphatic carbocycles. The Bertz CT molecular complexity index is 878. The molecule has 0 aromatic heterocycles. The molecule has 4 rings (SSSR count). The van der Waals surface area contributed by atoms with Crippen molar-refractivity contribution in [2.24, 2.45) is 11.7 Å². The van der Waals surface area contributed by atoms with Crippen LogP contribution in [0.5, 0.6) is 0 Å². The van der Waals surface area contributed by atoms with Crippen LogP contribution in [0.2, 0.25) is 0 Å². The number of carbonyl (C=O) groups excluding carboxylic acids is 4. The lowest BCUT2D eigenvalue weighted by molar-refractivity contribution is -0.133. The van der Waals surface area contributed by atoms with Gasteiger partial charge in [0, 0.05) is 18.8 Å². The van der Waals surface area contributed by atoms with E-state index in [1.165, 1.54) is 0 Å². The van der Waals surface area contributed by atoms with Crippen molar-refractivity contribution in [3.05, 3.63) is 29.8 Å². The fourth-order valence-corrected chi connectivity index (χ4v) is 4.86. The summed E-state index contributed by atoms with van der Waals surface area (Å²) in [5, 5.41) is 5.53. The molecular formula is C22H29N5O4. The molecule has 1 unspecified atom stereocenters. The maximum atomic E-state index is 12.7. The number of imide groups is 1. The second-order valence-electron chi connectivity index (χ2n) is 8.83. The number of benzene rings is 1. The first kappa shape index (κ1) is 21.3. The largest absolute Gasteiger partial charge is 0.369 e. The molecule has 1 aromatic carbocycles. The second kappa shape index (κ2) is 8.66. The number of amides is 5. The number of nitrogens with one attached hydrogen (secondary N) is 2. The highest BCUT2D eigenvalue weighted by Gasteiger charge is 2.52. The fourth-order valence-electron chi connectivity index (χ4n) is 4.86. The molecule has 5 amide bonds. The average Bonchev–Trinajstić information content (AvgIpc) is 3.30. The summed E-state index contributed by atoms with van der Waals surface area (Å²) in [5.41, 5.74) is 6.31. The minimum atomic E-state index is -0.805. The van der Waals surface area contributed by atoms with Gasteiger partial charge >= 0.3 is 6.03 Å². The van der Waals surface area contributed by atoms with Gasteiger partial charge in [0.25, 0.3) is 5.91 Å². The maximum Gasteiger partial charge on any atom is 0.325 e. The Kier molecular flexibility index (Phi) is 5.95. The van der Waals surface area contributed by atoms with E-state index < -0.39 is 17.5 Å². The van der Waals surface area contributed by atoms with Crippen LogP contribution in [0.1, 0.15) is 44.1 Å². The summed E-state index contributed by atoms with van der Waals surface area (Å²) in [6, 6.07) is 6.95. The Labute approximate surface area is 181 Å². The lowest BCUT2D eigenvalue weighted by atomic mass is 9.97. The highest BCUT2D eigenvalue weighted by Crippen LogP contribution is 2.34. The van der Waals surface area contributed by atoms with E-state index in [0.29, 0.717) is 31.6 Å². The zero-order chi connectivity index (χ0) is 22.0. The van der Waals surface area contributed by atoms with Gasteiger partial charge in [0.2, 0.25) is 11.8 Å². The molecule has 31 heavy (non-hydrogen) atoms. The van der Waals surface area contributed by atoms with Crippen molar-refractivity contribution < 1.29 is 19.2 Å². The predicted octanol–water partition coefficient (Wildman–Crippen LogP) is 1.19. The van der Waals surface area contributed by atoms with Gasteiger partial charge in [-0.1, -0.05) is 25.0 Å². The number of hydrogen-bond donors (Lipinski definition) is 3. The number of piperidine rings is 1. The van der Waals surface area contributed by atoms with Crippen LogP contribution in [0.3, 0.4) is 0 Å². The molecule has 1 atom stereocenters. The molecule has 1 spiro atoms. The van der Waals surface area contributed by atoms with Crippen LogP contribution in [-0.2, 0) is 20.9 Å². The highest BCUT2D eigenvalue weighted by molar-refractivity contribution is 6.10. The number of nitrogens with two attached hydrogens (primary N) is 1. The molecular weight excluding hydrogens is 398 g/mol. The molecule has 166 valence electrons. The van der Waals surface area contributed by atoms with Gasteiger partial charge in [-0.2, -0.15) is 0 Å². The first-order valence-electron chi connectivity index (χ1n) is 10.9. The summed E-state index contributed by atoms with van der Waals surface area (Å²) in [4.78, 5) is 52.0. The molecule has 1 saturated carbocycles. The minimum Gasteiger partial charge on any atom is -0.369 e. The van der Waals surface area contributed by atoms with Crippen LogP contribution in [0.25, 0.3) is 0 Å². The maximum absolute atomic E-state index is 12.7. The van der Waals surface area contributed by atoms with Gasteiger partial charge in [-0.15, -0.1) is 0 Å². The van der Waals surface area contributed by atoms with E-state index >= 15 is 0 Å². The third-order valence-electron chi connectivity index (χ3n) is 6.56. The molecule has 0 radical (unpaired) electrons. The second-order valence-corrected chi connectivity index (χ2v) is 8.83. The molecule has 3 fully saturated rings. The first-order chi connectivity index (χ1) is 14.9. The van der Waals surface area contributed by atoms with E-state index in [0.717, 1.165) is 42.7 Å². The van der Waals surface area contributed by atoms with E-state index in [4.69, 9.17) is 5.73 Å². The Balaban J connectivity index is 1.30. The third kappa shape index (κ3) is 4.56. The molecule has 2 heterocycles. The highest BCUT2D eigenvalue weighted by atomic mass is 16.2. The van der Waals surface area contributed by atoms with Crippen LogP contribution in [0, 0.1) is 5.92 Å². The molecule has 9 nitrogen and oxygen atoms in total. The average molecular weight is 428 g/mol. The summed E-state index contributed by atoms with van der Waals surface area (Å²) in [6.07, 6.45) is 4.86. The fraction of sp³-hybridized carbons (Fsp3) is 0.545. The molecule has 0 bridgehead atoms. The van der Waals surface area contributed by atoms with Crippen molar-refractivity contribution in [3.63, 3.8) is 0 Å². The molecule has 2 aliphatic heterocycles. The number of primary amides is 1. The Morgan fingerprint density at radius 2 is 1.84 bits per heavy atom. The minimum absolute atomic E-state index is 0.0961. The number of nitrogens with zero attached hydrogens (tertiary/aromatic N) is 2. The summed E-state index contributed by atoms with van der Waals surface area (Å²) >= 11 is 0. The smallest absolute Gasteiger partial charge is 0.325 e. The van der Waals surface area contributed by atoms with Crippen LogP contribution in [0.15, 0.2) is 24.3 Å². The molecule has 9 heteroatoms. The van der Waals surface area contributed by atoms with Gasteiger partial charge in [-0.25, -0.2) is 4.79 Å². The first-order valence-corrected chi connectivity index (χ1v) is 10.9. The number of hydrogen-bond acceptors (Lipinski definition) is 5. The van der Waals surface area contributed by atoms with Gasteiger partial charge < -0.3 is 16.4 Å². The van der Waals surface area contributed by atoms with E-state index in [1.807, 2.05) is 12.1 Å². The normalized spacial score (nSPS) is 23.2. The van der Waals surface area contributed by atoms with Crippen LogP contribution < -0.4 is 16.4 Å². The standard InChI is InChI=1S/C22H29N5O4/c23-19(29)16-4-3-11-26(13-16)12-15-5-7-17(8-6-15)24-18(28)14-27-20(30)22(25-21(27)31)9-1-2-10-22/h5-8,16H,1-4,9-14H2,(H2,23,29)(H,24,28)(H,25,31). The molecule has 4 N–H and O–H groups in total. The van der Waals surface area contributed by atoms with Gasteiger partial charge in [0.05, 0.1) is 5.92 Å². The summed E-state index contributed by atoms with van der Waals surface area (Å²) < 4.78 is 0. The van der Waals surface area contributed by atoms with E-state index in [9.17, 15) is 19.2 Å². The number of anilines is 1. The van der Waals surface area contributed by atoms with Crippen LogP contribution in [0.4, 0.5) is 10.5 Å². The monoisotopic (exact) mass is 427 g/mol. The van der Waals surface area contributed by atoms with Crippen LogP contribution in [-0.4, -0.2) is 58.7 Å². The van der Waals surface area contributed by atoms with Gasteiger partial charge in [0.15, 0.2) is 0 Å². The Morgan fingerprint density at radius 3 is 2.52 bits per heavy atom. The number of carbonyl (C=O) groups is 4. The number of rotatable bonds is 6. The predicted molar refractivity (Wildman–Crippen MR) is 114 cm³/mol. The zero-order valence-electron chi connectivity index (χ0n) is 17.6. The van der Waals surface area contributed by atoms with Gasteiger partial charge in [0.1, 0.15) is 12.1 Å². The number of urea groups is 1.